The third kappa shape index (κ3) is 1.54. The fraction of sp³-hybridized carbons (Fsp3) is 0.111. The Labute approximate surface area is 85.5 Å². The normalized spacial score (nSPS) is 13.9. The van der Waals surface area contributed by atoms with Gasteiger partial charge in [0, 0.05) is 12.1 Å². The highest BCUT2D eigenvalue weighted by atomic mass is 32.1. The van der Waals surface area contributed by atoms with Crippen molar-refractivity contribution >= 4 is 23.4 Å². The first kappa shape index (κ1) is 8.96. The quantitative estimate of drug-likeness (QED) is 0.679. The van der Waals surface area contributed by atoms with Gasteiger partial charge in [0.15, 0.2) is 0 Å². The van der Waals surface area contributed by atoms with E-state index in [-0.39, 0.29) is 10.7 Å². The van der Waals surface area contributed by atoms with Crippen LogP contribution < -0.4 is 10.1 Å². The number of aromatic carboxylic acids is 1. The lowest BCUT2D eigenvalue weighted by Crippen LogP contribution is -2.31. The highest BCUT2D eigenvalue weighted by Crippen LogP contribution is 2.23. The van der Waals surface area contributed by atoms with Gasteiger partial charge in [-0.15, -0.1) is 0 Å². The van der Waals surface area contributed by atoms with Gasteiger partial charge in [0.25, 0.3) is 5.17 Å². The third-order valence-corrected chi connectivity index (χ3v) is 2.17. The van der Waals surface area contributed by atoms with Crippen molar-refractivity contribution in [2.24, 2.45) is 0 Å². The minimum absolute atomic E-state index is 0.202. The molecule has 1 aromatic carbocycles. The molecule has 72 valence electrons. The molecule has 0 aromatic heterocycles. The molecule has 2 N–H and O–H groups in total. The van der Waals surface area contributed by atoms with E-state index in [1.807, 2.05) is 0 Å². The van der Waals surface area contributed by atoms with E-state index in [2.05, 4.69) is 5.32 Å². The number of carboxylic acids is 1. The molecular weight excluding hydrogens is 202 g/mol. The number of rotatable bonds is 1. The Balaban J connectivity index is 2.42. The molecule has 1 aromatic rings. The second-order valence-electron chi connectivity index (χ2n) is 2.87. The molecule has 14 heavy (non-hydrogen) atoms. The van der Waals surface area contributed by atoms with Crippen LogP contribution >= 0.6 is 12.2 Å². The first-order valence-electron chi connectivity index (χ1n) is 3.99. The summed E-state index contributed by atoms with van der Waals surface area (Å²) in [6.07, 6.45) is 0. The van der Waals surface area contributed by atoms with Gasteiger partial charge in [-0.3, -0.25) is 0 Å². The van der Waals surface area contributed by atoms with Gasteiger partial charge in [-0.2, -0.15) is 0 Å². The number of carbonyl (C=O) groups is 1. The van der Waals surface area contributed by atoms with Crippen LogP contribution in [0.5, 0.6) is 5.75 Å². The molecule has 0 unspecified atom stereocenters. The highest BCUT2D eigenvalue weighted by molar-refractivity contribution is 7.80. The maximum Gasteiger partial charge on any atom is 0.335 e. The summed E-state index contributed by atoms with van der Waals surface area (Å²) in [5.41, 5.74) is 1.11. The van der Waals surface area contributed by atoms with Crippen LogP contribution in [0.2, 0.25) is 0 Å². The van der Waals surface area contributed by atoms with Crippen LogP contribution in [0.1, 0.15) is 15.9 Å². The van der Waals surface area contributed by atoms with Crippen molar-refractivity contribution in [3.05, 3.63) is 29.3 Å². The van der Waals surface area contributed by atoms with Crippen molar-refractivity contribution in [2.75, 3.05) is 0 Å². The predicted molar refractivity (Wildman–Crippen MR) is 53.5 cm³/mol. The van der Waals surface area contributed by atoms with E-state index in [1.165, 1.54) is 6.07 Å². The van der Waals surface area contributed by atoms with E-state index >= 15 is 0 Å². The van der Waals surface area contributed by atoms with Crippen molar-refractivity contribution in [2.45, 2.75) is 6.54 Å². The van der Waals surface area contributed by atoms with Gasteiger partial charge in [-0.05, 0) is 24.4 Å². The first-order valence-corrected chi connectivity index (χ1v) is 4.39. The fourth-order valence-corrected chi connectivity index (χ4v) is 1.39. The molecular formula is C9H7NO3S. The number of benzene rings is 1. The van der Waals surface area contributed by atoms with Crippen LogP contribution in [-0.4, -0.2) is 16.3 Å². The van der Waals surface area contributed by atoms with Gasteiger partial charge in [-0.1, -0.05) is 6.07 Å². The summed E-state index contributed by atoms with van der Waals surface area (Å²) >= 11 is 4.81. The minimum Gasteiger partial charge on any atom is -0.478 e. The summed E-state index contributed by atoms with van der Waals surface area (Å²) < 4.78 is 5.18. The number of hydrogen-bond acceptors (Lipinski definition) is 3. The molecule has 1 heterocycles. The number of nitrogens with one attached hydrogen (secondary N) is 1. The van der Waals surface area contributed by atoms with Crippen molar-refractivity contribution in [1.82, 2.24) is 5.32 Å². The molecule has 0 amide bonds. The zero-order valence-electron chi connectivity index (χ0n) is 7.11. The molecule has 1 aliphatic rings. The van der Waals surface area contributed by atoms with Gasteiger partial charge < -0.3 is 15.2 Å². The molecule has 0 saturated carbocycles. The molecule has 0 radical (unpaired) electrons. The summed E-state index contributed by atoms with van der Waals surface area (Å²) in [6, 6.07) is 4.74. The molecule has 0 aliphatic carbocycles. The van der Waals surface area contributed by atoms with E-state index in [0.717, 1.165) is 5.56 Å². The Morgan fingerprint density at radius 1 is 1.57 bits per heavy atom. The Kier molecular flexibility index (Phi) is 2.09. The molecule has 0 fully saturated rings. The summed E-state index contributed by atoms with van der Waals surface area (Å²) in [4.78, 5) is 10.7. The molecule has 0 atom stereocenters. The van der Waals surface area contributed by atoms with Crippen LogP contribution in [0, 0.1) is 0 Å². The Bertz CT molecular complexity index is 417. The Morgan fingerprint density at radius 2 is 2.36 bits per heavy atom. The number of hydrogen-bond donors (Lipinski definition) is 2. The largest absolute Gasteiger partial charge is 0.478 e. The predicted octanol–water partition coefficient (Wildman–Crippen LogP) is 1.15. The molecule has 2 rings (SSSR count). The number of carboxylic acid groups (broad SMARTS) is 1. The lowest BCUT2D eigenvalue weighted by atomic mass is 10.1. The molecule has 0 spiro atoms. The topological polar surface area (TPSA) is 58.6 Å². The summed E-state index contributed by atoms with van der Waals surface area (Å²) in [5.74, 6) is -0.450. The standard InChI is InChI=1S/C9H7NO3S/c11-8(12)5-1-2-6-4-10-9(14)13-7(6)3-5/h1-3H,4H2,(H,10,14)(H,11,12). The van der Waals surface area contributed by atoms with Crippen LogP contribution in [0.3, 0.4) is 0 Å². The first-order chi connectivity index (χ1) is 6.66. The number of thiocarbonyl (C=S) groups is 1. The van der Waals surface area contributed by atoms with Gasteiger partial charge in [0.2, 0.25) is 0 Å². The van der Waals surface area contributed by atoms with Crippen LogP contribution in [0.25, 0.3) is 0 Å². The summed E-state index contributed by atoms with van der Waals surface area (Å²) in [5, 5.41) is 11.9. The van der Waals surface area contributed by atoms with Gasteiger partial charge in [0.05, 0.1) is 5.56 Å². The highest BCUT2D eigenvalue weighted by Gasteiger charge is 2.15. The maximum atomic E-state index is 10.7. The van der Waals surface area contributed by atoms with E-state index in [1.54, 1.807) is 12.1 Å². The van der Waals surface area contributed by atoms with Crippen molar-refractivity contribution in [3.8, 4) is 5.75 Å². The SMILES string of the molecule is O=C(O)c1ccc2c(c1)OC(=S)NC2. The van der Waals surface area contributed by atoms with E-state index in [4.69, 9.17) is 22.1 Å². The monoisotopic (exact) mass is 209 g/mol. The van der Waals surface area contributed by atoms with Crippen molar-refractivity contribution in [3.63, 3.8) is 0 Å². The van der Waals surface area contributed by atoms with Gasteiger partial charge in [0.1, 0.15) is 5.75 Å². The number of ether oxygens (including phenoxy) is 1. The zero-order valence-corrected chi connectivity index (χ0v) is 7.93. The van der Waals surface area contributed by atoms with Gasteiger partial charge in [-0.25, -0.2) is 4.79 Å². The summed E-state index contributed by atoms with van der Waals surface area (Å²) in [6.45, 7) is 0.577. The van der Waals surface area contributed by atoms with E-state index in [9.17, 15) is 4.79 Å². The van der Waals surface area contributed by atoms with E-state index < -0.39 is 5.97 Å². The van der Waals surface area contributed by atoms with Crippen LogP contribution in [-0.2, 0) is 6.54 Å². The molecule has 0 saturated heterocycles. The molecule has 0 bridgehead atoms. The lowest BCUT2D eigenvalue weighted by molar-refractivity contribution is 0.0696. The summed E-state index contributed by atoms with van der Waals surface area (Å²) in [7, 11) is 0. The second kappa shape index (κ2) is 3.26. The van der Waals surface area contributed by atoms with Crippen LogP contribution in [0.15, 0.2) is 18.2 Å². The third-order valence-electron chi connectivity index (χ3n) is 1.94. The number of fused-ring (bicyclic) bond motifs is 1. The van der Waals surface area contributed by atoms with E-state index in [0.29, 0.717) is 12.3 Å². The minimum atomic E-state index is -0.971. The Hall–Kier alpha value is -1.62. The smallest absolute Gasteiger partial charge is 0.335 e. The van der Waals surface area contributed by atoms with Crippen molar-refractivity contribution in [1.29, 1.82) is 0 Å². The lowest BCUT2D eigenvalue weighted by Gasteiger charge is -2.18. The molecule has 1 aliphatic heterocycles. The average molecular weight is 209 g/mol. The Morgan fingerprint density at radius 3 is 3.07 bits per heavy atom. The van der Waals surface area contributed by atoms with Gasteiger partial charge >= 0.3 is 5.97 Å². The second-order valence-corrected chi connectivity index (χ2v) is 3.24. The molecule has 5 heteroatoms. The zero-order chi connectivity index (χ0) is 10.1. The molecule has 4 nitrogen and oxygen atoms in total. The fourth-order valence-electron chi connectivity index (χ4n) is 1.23. The maximum absolute atomic E-state index is 10.7. The van der Waals surface area contributed by atoms with Crippen LogP contribution in [0.4, 0.5) is 0 Å². The van der Waals surface area contributed by atoms with Crippen molar-refractivity contribution < 1.29 is 14.6 Å². The average Bonchev–Trinajstić information content (AvgIpc) is 2.16.